The van der Waals surface area contributed by atoms with Crippen LogP contribution in [0.3, 0.4) is 0 Å². The van der Waals surface area contributed by atoms with Gasteiger partial charge in [0.1, 0.15) is 22.0 Å². The molecule has 6 nitrogen and oxygen atoms in total. The third-order valence-corrected chi connectivity index (χ3v) is 4.95. The maximum Gasteiger partial charge on any atom is 0.409 e. The molecule has 1 fully saturated rings. The number of amides is 1. The monoisotopic (exact) mass is 380 g/mol. The Morgan fingerprint density at radius 1 is 1.35 bits per heavy atom. The minimum atomic E-state index is -0.260. The molecule has 2 aromatic rings. The Kier molecular flexibility index (Phi) is 4.57. The second-order valence-electron chi connectivity index (χ2n) is 6.24. The van der Waals surface area contributed by atoms with E-state index in [1.165, 1.54) is 4.90 Å². The van der Waals surface area contributed by atoms with Crippen LogP contribution >= 0.6 is 15.9 Å². The van der Waals surface area contributed by atoms with Crippen molar-refractivity contribution >= 4 is 27.5 Å². The van der Waals surface area contributed by atoms with Crippen molar-refractivity contribution in [3.8, 4) is 0 Å². The van der Waals surface area contributed by atoms with Crippen LogP contribution in [0, 0.1) is 6.92 Å². The Bertz CT molecular complexity index is 720. The van der Waals surface area contributed by atoms with Crippen molar-refractivity contribution in [1.82, 2.24) is 19.3 Å². The van der Waals surface area contributed by atoms with Crippen LogP contribution in [0.25, 0.3) is 5.52 Å². The van der Waals surface area contributed by atoms with Gasteiger partial charge in [-0.15, -0.1) is 0 Å². The van der Waals surface area contributed by atoms with Crippen molar-refractivity contribution in [2.45, 2.75) is 44.6 Å². The van der Waals surface area contributed by atoms with E-state index in [1.54, 1.807) is 14.1 Å². The highest BCUT2D eigenvalue weighted by Gasteiger charge is 2.28. The third-order valence-electron chi connectivity index (χ3n) is 4.39. The lowest BCUT2D eigenvalue weighted by molar-refractivity contribution is 0.0521. The molecule has 23 heavy (non-hydrogen) atoms. The summed E-state index contributed by atoms with van der Waals surface area (Å²) in [6, 6.07) is 0. The number of fused-ring (bicyclic) bond motifs is 1. The molecule has 0 saturated heterocycles. The first-order chi connectivity index (χ1) is 11.0. The summed E-state index contributed by atoms with van der Waals surface area (Å²) in [7, 11) is 3.41. The Hall–Kier alpha value is -1.63. The summed E-state index contributed by atoms with van der Waals surface area (Å²) in [6.45, 7) is 1.99. The first kappa shape index (κ1) is 16.2. The molecule has 7 heteroatoms. The number of imidazole rings is 1. The van der Waals surface area contributed by atoms with Gasteiger partial charge in [0.15, 0.2) is 0 Å². The Balaban J connectivity index is 1.74. The fourth-order valence-electron chi connectivity index (χ4n) is 3.14. The van der Waals surface area contributed by atoms with Crippen molar-refractivity contribution in [2.24, 2.45) is 0 Å². The van der Waals surface area contributed by atoms with Crippen LogP contribution in [0.2, 0.25) is 0 Å². The molecule has 1 aliphatic carbocycles. The lowest BCUT2D eigenvalue weighted by atomic mass is 9.87. The number of aromatic nitrogens is 3. The standard InChI is InChI=1S/C16H21BrN4O2/c1-10-13-14(17)19-15(21(13)9-8-18-10)11-4-6-12(7-5-11)23-16(22)20(2)3/h8-9,11-12H,4-7H2,1-3H3. The summed E-state index contributed by atoms with van der Waals surface area (Å²) in [5.74, 6) is 1.44. The number of hydrogen-bond acceptors (Lipinski definition) is 4. The van der Waals surface area contributed by atoms with Crippen LogP contribution < -0.4 is 0 Å². The Morgan fingerprint density at radius 2 is 2.04 bits per heavy atom. The summed E-state index contributed by atoms with van der Waals surface area (Å²) in [5, 5.41) is 0. The molecule has 2 heterocycles. The van der Waals surface area contributed by atoms with E-state index in [9.17, 15) is 4.79 Å². The molecule has 1 aliphatic rings. The van der Waals surface area contributed by atoms with Gasteiger partial charge in [-0.3, -0.25) is 9.38 Å². The van der Waals surface area contributed by atoms with E-state index in [0.29, 0.717) is 5.92 Å². The molecule has 0 bridgehead atoms. The number of ether oxygens (including phenoxy) is 1. The predicted molar refractivity (Wildman–Crippen MR) is 90.6 cm³/mol. The first-order valence-corrected chi connectivity index (χ1v) is 8.63. The van der Waals surface area contributed by atoms with Crippen LogP contribution in [-0.4, -0.2) is 45.6 Å². The summed E-state index contributed by atoms with van der Waals surface area (Å²) in [6.07, 6.45) is 7.22. The number of carbonyl (C=O) groups is 1. The molecule has 124 valence electrons. The summed E-state index contributed by atoms with van der Waals surface area (Å²) < 4.78 is 8.46. The van der Waals surface area contributed by atoms with E-state index in [0.717, 1.165) is 47.3 Å². The number of nitrogens with zero attached hydrogens (tertiary/aromatic N) is 4. The molecule has 1 amide bonds. The summed E-state index contributed by atoms with van der Waals surface area (Å²) in [5.41, 5.74) is 2.00. The SMILES string of the molecule is Cc1nccn2c(C3CCC(OC(=O)N(C)C)CC3)nc(Br)c12. The second kappa shape index (κ2) is 6.47. The van der Waals surface area contributed by atoms with Gasteiger partial charge in [-0.25, -0.2) is 9.78 Å². The van der Waals surface area contributed by atoms with Crippen LogP contribution in [0.15, 0.2) is 17.0 Å². The van der Waals surface area contributed by atoms with Gasteiger partial charge >= 0.3 is 6.09 Å². The van der Waals surface area contributed by atoms with Crippen LogP contribution in [0.4, 0.5) is 4.79 Å². The Morgan fingerprint density at radius 3 is 2.70 bits per heavy atom. The average Bonchev–Trinajstić information content (AvgIpc) is 2.86. The zero-order chi connectivity index (χ0) is 16.6. The van der Waals surface area contributed by atoms with Crippen molar-refractivity contribution < 1.29 is 9.53 Å². The largest absolute Gasteiger partial charge is 0.446 e. The molecule has 0 atom stereocenters. The highest BCUT2D eigenvalue weighted by atomic mass is 79.9. The molecule has 3 rings (SSSR count). The molecule has 0 aromatic carbocycles. The van der Waals surface area contributed by atoms with Gasteiger partial charge in [0.05, 0.1) is 5.69 Å². The fourth-order valence-corrected chi connectivity index (χ4v) is 3.80. The van der Waals surface area contributed by atoms with Gasteiger partial charge in [-0.1, -0.05) is 0 Å². The maximum atomic E-state index is 11.7. The minimum Gasteiger partial charge on any atom is -0.446 e. The van der Waals surface area contributed by atoms with E-state index in [4.69, 9.17) is 9.72 Å². The molecule has 2 aromatic heterocycles. The molecule has 1 saturated carbocycles. The summed E-state index contributed by atoms with van der Waals surface area (Å²) in [4.78, 5) is 22.2. The normalized spacial score (nSPS) is 21.4. The smallest absolute Gasteiger partial charge is 0.409 e. The highest BCUT2D eigenvalue weighted by Crippen LogP contribution is 2.35. The highest BCUT2D eigenvalue weighted by molar-refractivity contribution is 9.10. The summed E-state index contributed by atoms with van der Waals surface area (Å²) >= 11 is 3.55. The second-order valence-corrected chi connectivity index (χ2v) is 7.00. The quantitative estimate of drug-likeness (QED) is 0.799. The molecule has 0 N–H and O–H groups in total. The van der Waals surface area contributed by atoms with Gasteiger partial charge in [-0.2, -0.15) is 0 Å². The number of carbonyl (C=O) groups excluding carboxylic acids is 1. The number of aryl methyl sites for hydroxylation is 1. The van der Waals surface area contributed by atoms with E-state index in [-0.39, 0.29) is 12.2 Å². The van der Waals surface area contributed by atoms with Gasteiger partial charge in [-0.05, 0) is 48.5 Å². The minimum absolute atomic E-state index is 0.0132. The van der Waals surface area contributed by atoms with E-state index >= 15 is 0 Å². The van der Waals surface area contributed by atoms with E-state index in [2.05, 4.69) is 25.3 Å². The third kappa shape index (κ3) is 3.20. The molecule has 0 unspecified atom stereocenters. The van der Waals surface area contributed by atoms with Crippen molar-refractivity contribution in [3.05, 3.63) is 28.5 Å². The predicted octanol–water partition coefficient (Wildman–Crippen LogP) is 3.52. The molecule has 0 spiro atoms. The van der Waals surface area contributed by atoms with Crippen LogP contribution in [0.5, 0.6) is 0 Å². The van der Waals surface area contributed by atoms with Gasteiger partial charge < -0.3 is 9.64 Å². The fraction of sp³-hybridized carbons (Fsp3) is 0.562. The van der Waals surface area contributed by atoms with Crippen LogP contribution in [0.1, 0.15) is 43.1 Å². The maximum absolute atomic E-state index is 11.7. The molecule has 0 aliphatic heterocycles. The van der Waals surface area contributed by atoms with Gasteiger partial charge in [0.25, 0.3) is 0 Å². The topological polar surface area (TPSA) is 59.7 Å². The molecule has 0 radical (unpaired) electrons. The van der Waals surface area contributed by atoms with Crippen molar-refractivity contribution in [3.63, 3.8) is 0 Å². The van der Waals surface area contributed by atoms with Crippen molar-refractivity contribution in [2.75, 3.05) is 14.1 Å². The molecular weight excluding hydrogens is 360 g/mol. The van der Waals surface area contributed by atoms with Gasteiger partial charge in [0, 0.05) is 32.4 Å². The van der Waals surface area contributed by atoms with E-state index < -0.39 is 0 Å². The lowest BCUT2D eigenvalue weighted by Crippen LogP contribution is -2.30. The van der Waals surface area contributed by atoms with E-state index in [1.807, 2.05) is 19.3 Å². The van der Waals surface area contributed by atoms with Crippen LogP contribution in [-0.2, 0) is 4.74 Å². The lowest BCUT2D eigenvalue weighted by Gasteiger charge is -2.28. The number of rotatable bonds is 2. The van der Waals surface area contributed by atoms with Crippen molar-refractivity contribution in [1.29, 1.82) is 0 Å². The Labute approximate surface area is 144 Å². The zero-order valence-corrected chi connectivity index (χ0v) is 15.2. The first-order valence-electron chi connectivity index (χ1n) is 7.84. The zero-order valence-electron chi connectivity index (χ0n) is 13.6. The van der Waals surface area contributed by atoms with Gasteiger partial charge in [0.2, 0.25) is 0 Å². The number of hydrogen-bond donors (Lipinski definition) is 0. The molecular formula is C16H21BrN4O2. The number of halogens is 1. The average molecular weight is 381 g/mol.